The van der Waals surface area contributed by atoms with Crippen molar-refractivity contribution >= 4 is 31.4 Å². The number of nitrogens with zero attached hydrogens (tertiary/aromatic N) is 1. The van der Waals surface area contributed by atoms with Gasteiger partial charge >= 0.3 is 6.18 Å². The lowest BCUT2D eigenvalue weighted by molar-refractivity contribution is -0.137. The third-order valence-electron chi connectivity index (χ3n) is 4.34. The maximum absolute atomic E-state index is 12.9. The summed E-state index contributed by atoms with van der Waals surface area (Å²) in [5.74, 6) is 0. The number of alkyl halides is 3. The van der Waals surface area contributed by atoms with Gasteiger partial charge in [0.2, 0.25) is 0 Å². The molecule has 3 aromatic rings. The molecule has 11 heteroatoms. The van der Waals surface area contributed by atoms with E-state index in [0.717, 1.165) is 28.6 Å². The fourth-order valence-corrected chi connectivity index (χ4v) is 5.05. The smallest absolute Gasteiger partial charge is 0.280 e. The van der Waals surface area contributed by atoms with E-state index in [1.54, 1.807) is 30.3 Å². The highest BCUT2D eigenvalue weighted by atomic mass is 32.2. The lowest BCUT2D eigenvalue weighted by atomic mass is 10.2. The van der Waals surface area contributed by atoms with E-state index >= 15 is 0 Å². The van der Waals surface area contributed by atoms with Crippen molar-refractivity contribution in [3.8, 4) is 0 Å². The highest BCUT2D eigenvalue weighted by molar-refractivity contribution is 7.93. The summed E-state index contributed by atoms with van der Waals surface area (Å²) in [5.41, 5.74) is -0.825. The van der Waals surface area contributed by atoms with Gasteiger partial charge in [-0.05, 0) is 48.5 Å². The normalized spacial score (nSPS) is 12.4. The predicted octanol–water partition coefficient (Wildman–Crippen LogP) is 4.33. The predicted molar refractivity (Wildman–Crippen MR) is 111 cm³/mol. The van der Waals surface area contributed by atoms with Gasteiger partial charge in [-0.3, -0.25) is 9.03 Å². The second-order valence-corrected chi connectivity index (χ2v) is 10.1. The molecule has 0 heterocycles. The molecule has 0 aromatic heterocycles. The lowest BCUT2D eigenvalue weighted by Gasteiger charge is -2.20. The molecule has 3 rings (SSSR count). The lowest BCUT2D eigenvalue weighted by Crippen LogP contribution is -2.26. The molecule has 0 aliphatic carbocycles. The molecule has 31 heavy (non-hydrogen) atoms. The Morgan fingerprint density at radius 1 is 0.774 bits per heavy atom. The van der Waals surface area contributed by atoms with Gasteiger partial charge in [0, 0.05) is 7.05 Å². The van der Waals surface area contributed by atoms with Crippen LogP contribution in [0.15, 0.2) is 88.7 Å². The van der Waals surface area contributed by atoms with Crippen molar-refractivity contribution in [2.24, 2.45) is 0 Å². The Morgan fingerprint density at radius 2 is 1.39 bits per heavy atom. The molecule has 0 fully saturated rings. The number of hydrogen-bond acceptors (Lipinski definition) is 4. The molecule has 0 bridgehead atoms. The molecule has 0 unspecified atom stereocenters. The van der Waals surface area contributed by atoms with Crippen molar-refractivity contribution in [1.29, 1.82) is 0 Å². The zero-order chi connectivity index (χ0) is 22.9. The van der Waals surface area contributed by atoms with E-state index < -0.39 is 36.7 Å². The summed E-state index contributed by atoms with van der Waals surface area (Å²) in [6.07, 6.45) is -4.71. The summed E-state index contributed by atoms with van der Waals surface area (Å²) >= 11 is 0. The number of halogens is 3. The highest BCUT2D eigenvalue weighted by Gasteiger charge is 2.31. The first-order chi connectivity index (χ1) is 14.4. The highest BCUT2D eigenvalue weighted by Crippen LogP contribution is 2.31. The first kappa shape index (κ1) is 22.6. The second kappa shape index (κ2) is 8.23. The molecule has 3 aromatic carbocycles. The third-order valence-corrected chi connectivity index (χ3v) is 7.50. The molecule has 0 atom stereocenters. The monoisotopic (exact) mass is 470 g/mol. The third kappa shape index (κ3) is 5.00. The fraction of sp³-hybridized carbons (Fsp3) is 0.100. The fourth-order valence-electron chi connectivity index (χ4n) is 2.71. The van der Waals surface area contributed by atoms with E-state index in [1.165, 1.54) is 25.2 Å². The largest absolute Gasteiger partial charge is 0.416 e. The summed E-state index contributed by atoms with van der Waals surface area (Å²) < 4.78 is 92.8. The molecule has 0 aliphatic rings. The standard InChI is InChI=1S/C20H17F3N2O4S2/c1-25(17-9-3-2-4-10-17)31(28,29)19-12-6-8-16(14-19)24-30(26,27)18-11-5-7-15(13-18)20(21,22)23/h2-14,24H,1H3. The molecular formula is C20H17F3N2O4S2. The van der Waals surface area contributed by atoms with Crippen LogP contribution < -0.4 is 9.03 Å². The van der Waals surface area contributed by atoms with Crippen molar-refractivity contribution in [1.82, 2.24) is 0 Å². The van der Waals surface area contributed by atoms with Gasteiger partial charge in [-0.15, -0.1) is 0 Å². The van der Waals surface area contributed by atoms with E-state index in [1.807, 2.05) is 0 Å². The second-order valence-electron chi connectivity index (χ2n) is 6.47. The Kier molecular flexibility index (Phi) is 6.01. The van der Waals surface area contributed by atoms with Crippen LogP contribution in [0.2, 0.25) is 0 Å². The molecule has 0 saturated heterocycles. The summed E-state index contributed by atoms with van der Waals surface area (Å²) in [7, 11) is -7.05. The number of hydrogen-bond donors (Lipinski definition) is 1. The van der Waals surface area contributed by atoms with Gasteiger partial charge in [-0.2, -0.15) is 13.2 Å². The minimum absolute atomic E-state index is 0.111. The van der Waals surface area contributed by atoms with Crippen LogP contribution in [-0.2, 0) is 26.2 Å². The summed E-state index contributed by atoms with van der Waals surface area (Å²) in [5, 5.41) is 0. The number of para-hydroxylation sites is 1. The molecule has 0 aliphatic heterocycles. The van der Waals surface area contributed by atoms with Gasteiger partial charge in [-0.1, -0.05) is 30.3 Å². The minimum atomic E-state index is -4.71. The van der Waals surface area contributed by atoms with Crippen LogP contribution in [0.1, 0.15) is 5.56 Å². The van der Waals surface area contributed by atoms with Crippen LogP contribution in [0.5, 0.6) is 0 Å². The number of benzene rings is 3. The molecule has 0 amide bonds. The van der Waals surface area contributed by atoms with Crippen molar-refractivity contribution < 1.29 is 30.0 Å². The van der Waals surface area contributed by atoms with Gasteiger partial charge in [0.05, 0.1) is 26.7 Å². The Hall–Kier alpha value is -3.05. The van der Waals surface area contributed by atoms with E-state index in [4.69, 9.17) is 0 Å². The number of rotatable bonds is 6. The van der Waals surface area contributed by atoms with Gasteiger partial charge in [-0.25, -0.2) is 16.8 Å². The Labute approximate surface area is 178 Å². The first-order valence-electron chi connectivity index (χ1n) is 8.75. The molecule has 0 radical (unpaired) electrons. The van der Waals surface area contributed by atoms with Crippen molar-refractivity contribution in [3.05, 3.63) is 84.4 Å². The van der Waals surface area contributed by atoms with Crippen LogP contribution in [0.4, 0.5) is 24.5 Å². The van der Waals surface area contributed by atoms with Crippen LogP contribution in [0, 0.1) is 0 Å². The van der Waals surface area contributed by atoms with Gasteiger partial charge in [0.1, 0.15) is 0 Å². The number of anilines is 2. The van der Waals surface area contributed by atoms with Crippen LogP contribution in [0.25, 0.3) is 0 Å². The van der Waals surface area contributed by atoms with E-state index in [9.17, 15) is 30.0 Å². The molecule has 6 nitrogen and oxygen atoms in total. The Balaban J connectivity index is 1.92. The maximum Gasteiger partial charge on any atom is 0.416 e. The topological polar surface area (TPSA) is 83.6 Å². The average Bonchev–Trinajstić information content (AvgIpc) is 2.73. The zero-order valence-electron chi connectivity index (χ0n) is 16.0. The number of nitrogens with one attached hydrogen (secondary N) is 1. The van der Waals surface area contributed by atoms with E-state index in [2.05, 4.69) is 4.72 Å². The van der Waals surface area contributed by atoms with Crippen LogP contribution in [-0.4, -0.2) is 23.9 Å². The van der Waals surface area contributed by atoms with Crippen molar-refractivity contribution in [2.45, 2.75) is 16.0 Å². The summed E-state index contributed by atoms with van der Waals surface area (Å²) in [6, 6.07) is 16.5. The van der Waals surface area contributed by atoms with Crippen LogP contribution in [0.3, 0.4) is 0 Å². The molecule has 0 saturated carbocycles. The molecule has 164 valence electrons. The van der Waals surface area contributed by atoms with Gasteiger partial charge in [0.15, 0.2) is 0 Å². The molecule has 0 spiro atoms. The number of sulfonamides is 2. The van der Waals surface area contributed by atoms with E-state index in [0.29, 0.717) is 11.8 Å². The van der Waals surface area contributed by atoms with Crippen molar-refractivity contribution in [3.63, 3.8) is 0 Å². The van der Waals surface area contributed by atoms with Crippen molar-refractivity contribution in [2.75, 3.05) is 16.1 Å². The van der Waals surface area contributed by atoms with Gasteiger partial charge in [0.25, 0.3) is 20.0 Å². The summed E-state index contributed by atoms with van der Waals surface area (Å²) in [6.45, 7) is 0. The van der Waals surface area contributed by atoms with Gasteiger partial charge < -0.3 is 0 Å². The van der Waals surface area contributed by atoms with E-state index in [-0.39, 0.29) is 10.6 Å². The molecular weight excluding hydrogens is 453 g/mol. The molecule has 1 N–H and O–H groups in total. The van der Waals surface area contributed by atoms with Crippen LogP contribution >= 0.6 is 0 Å². The zero-order valence-corrected chi connectivity index (χ0v) is 17.7. The Morgan fingerprint density at radius 3 is 2.03 bits per heavy atom. The maximum atomic E-state index is 12.9. The SMILES string of the molecule is CN(c1ccccc1)S(=O)(=O)c1cccc(NS(=O)(=O)c2cccc(C(F)(F)F)c2)c1. The Bertz CT molecular complexity index is 1290. The average molecular weight is 470 g/mol. The first-order valence-corrected chi connectivity index (χ1v) is 11.7. The summed E-state index contributed by atoms with van der Waals surface area (Å²) in [4.78, 5) is -0.792. The quantitative estimate of drug-likeness (QED) is 0.581. The minimum Gasteiger partial charge on any atom is -0.280 e.